The second-order valence-electron chi connectivity index (χ2n) is 10.4. The first kappa shape index (κ1) is 24.3. The molecule has 3 aromatic carbocycles. The van der Waals surface area contributed by atoms with Crippen molar-refractivity contribution in [2.45, 2.75) is 49.9 Å². The Kier molecular flexibility index (Phi) is 5.99. The average molecular weight is 506 g/mol. The summed E-state index contributed by atoms with van der Waals surface area (Å²) in [6, 6.07) is 25.0. The van der Waals surface area contributed by atoms with Gasteiger partial charge in [0.1, 0.15) is 0 Å². The van der Waals surface area contributed by atoms with Crippen molar-refractivity contribution < 1.29 is 19.1 Å². The molecule has 0 aromatic heterocycles. The van der Waals surface area contributed by atoms with Crippen molar-refractivity contribution in [2.75, 3.05) is 11.5 Å². The number of carbonyl (C=O) groups is 2. The first-order valence-electron chi connectivity index (χ1n) is 13.0. The number of imide groups is 1. The van der Waals surface area contributed by atoms with Gasteiger partial charge in [0.05, 0.1) is 53.0 Å². The number of fused-ring (bicyclic) bond motifs is 6. The highest BCUT2D eigenvalue weighted by Gasteiger charge is 2.75. The van der Waals surface area contributed by atoms with Gasteiger partial charge < -0.3 is 9.47 Å². The van der Waals surface area contributed by atoms with Crippen molar-refractivity contribution in [2.24, 2.45) is 11.8 Å². The van der Waals surface area contributed by atoms with Crippen LogP contribution in [0.15, 0.2) is 66.7 Å². The fraction of sp³-hybridized carbons (Fsp3) is 0.355. The van der Waals surface area contributed by atoms with Crippen molar-refractivity contribution >= 4 is 28.3 Å². The van der Waals surface area contributed by atoms with E-state index in [1.54, 1.807) is 12.1 Å². The van der Waals surface area contributed by atoms with Crippen LogP contribution in [0.2, 0.25) is 0 Å². The molecule has 1 unspecified atom stereocenters. The first-order chi connectivity index (χ1) is 18.5. The number of ether oxygens (including phenoxy) is 2. The summed E-state index contributed by atoms with van der Waals surface area (Å²) in [7, 11) is 0. The van der Waals surface area contributed by atoms with Crippen LogP contribution in [0.5, 0.6) is 0 Å². The lowest BCUT2D eigenvalue weighted by molar-refractivity contribution is -0.133. The van der Waals surface area contributed by atoms with Gasteiger partial charge in [-0.05, 0) is 37.0 Å². The molecule has 0 spiro atoms. The number of hydrogen-bond acceptors (Lipinski definition) is 6. The third kappa shape index (κ3) is 3.62. The number of rotatable bonds is 8. The van der Waals surface area contributed by atoms with Crippen molar-refractivity contribution in [3.05, 3.63) is 77.9 Å². The second-order valence-corrected chi connectivity index (χ2v) is 10.4. The van der Waals surface area contributed by atoms with Crippen LogP contribution >= 0.6 is 0 Å². The van der Waals surface area contributed by atoms with Crippen LogP contribution in [-0.4, -0.2) is 29.6 Å². The molecule has 0 saturated carbocycles. The number of anilines is 1. The van der Waals surface area contributed by atoms with Gasteiger partial charge in [0.15, 0.2) is 0 Å². The topological polar surface area (TPSA) is 103 Å². The summed E-state index contributed by atoms with van der Waals surface area (Å²) in [6.45, 7) is 0.856. The average Bonchev–Trinajstić information content (AvgIpc) is 3.56. The molecule has 3 saturated heterocycles. The van der Waals surface area contributed by atoms with Crippen LogP contribution in [0.25, 0.3) is 10.8 Å². The molecule has 2 bridgehead atoms. The molecule has 0 aliphatic carbocycles. The molecule has 3 aliphatic rings. The van der Waals surface area contributed by atoms with E-state index < -0.39 is 23.0 Å². The molecule has 3 heterocycles. The van der Waals surface area contributed by atoms with E-state index in [9.17, 15) is 20.1 Å². The van der Waals surface area contributed by atoms with E-state index in [2.05, 4.69) is 12.1 Å². The third-order valence-corrected chi connectivity index (χ3v) is 8.52. The highest BCUT2D eigenvalue weighted by atomic mass is 16.5. The highest BCUT2D eigenvalue weighted by molar-refractivity contribution is 6.26. The molecule has 0 radical (unpaired) electrons. The Labute approximate surface area is 221 Å². The lowest BCUT2D eigenvalue weighted by atomic mass is 9.65. The van der Waals surface area contributed by atoms with Crippen molar-refractivity contribution in [1.29, 1.82) is 10.5 Å². The van der Waals surface area contributed by atoms with Crippen molar-refractivity contribution in [1.82, 2.24) is 0 Å². The van der Waals surface area contributed by atoms with Crippen LogP contribution in [0.1, 0.15) is 43.2 Å². The number of hydrogen-bond donors (Lipinski definition) is 0. The fourth-order valence-corrected chi connectivity index (χ4v) is 6.85. The molecule has 2 amide bonds. The maximum Gasteiger partial charge on any atom is 0.240 e. The van der Waals surface area contributed by atoms with Crippen LogP contribution < -0.4 is 4.90 Å². The Morgan fingerprint density at radius 2 is 1.53 bits per heavy atom. The molecule has 38 heavy (non-hydrogen) atoms. The monoisotopic (exact) mass is 505 g/mol. The Morgan fingerprint density at radius 3 is 2.21 bits per heavy atom. The zero-order valence-electron chi connectivity index (χ0n) is 20.9. The van der Waals surface area contributed by atoms with E-state index in [0.717, 1.165) is 5.56 Å². The number of nitrogens with zero attached hydrogens (tertiary/aromatic N) is 3. The van der Waals surface area contributed by atoms with Crippen molar-refractivity contribution in [3.8, 4) is 12.1 Å². The summed E-state index contributed by atoms with van der Waals surface area (Å²) >= 11 is 0. The first-order valence-corrected chi connectivity index (χ1v) is 13.0. The van der Waals surface area contributed by atoms with Gasteiger partial charge in [0.25, 0.3) is 0 Å². The van der Waals surface area contributed by atoms with E-state index in [4.69, 9.17) is 9.47 Å². The normalized spacial score (nSPS) is 27.5. The summed E-state index contributed by atoms with van der Waals surface area (Å²) in [5, 5.41) is 20.3. The molecule has 0 N–H and O–H groups in total. The minimum atomic E-state index is -0.830. The van der Waals surface area contributed by atoms with Gasteiger partial charge in [-0.1, -0.05) is 54.6 Å². The zero-order chi connectivity index (χ0) is 26.3. The molecular formula is C31H27N3O4. The fourth-order valence-electron chi connectivity index (χ4n) is 6.85. The van der Waals surface area contributed by atoms with E-state index in [1.807, 2.05) is 54.6 Å². The summed E-state index contributed by atoms with van der Waals surface area (Å²) in [6.07, 6.45) is 2.45. The third-order valence-electron chi connectivity index (χ3n) is 8.52. The summed E-state index contributed by atoms with van der Waals surface area (Å²) < 4.78 is 12.6. The van der Waals surface area contributed by atoms with Gasteiger partial charge in [-0.15, -0.1) is 0 Å². The SMILES string of the molecule is N#CCC[C@]12CCC(CCOCc3ccccc3)(O1)[C@@H]1C(=O)N(c3ccc(C#N)c4ccccc34)C(=O)[C@@H]12. The minimum Gasteiger partial charge on any atom is -0.377 e. The van der Waals surface area contributed by atoms with E-state index in [1.165, 1.54) is 4.90 Å². The molecule has 3 aliphatic heterocycles. The Morgan fingerprint density at radius 1 is 0.868 bits per heavy atom. The summed E-state index contributed by atoms with van der Waals surface area (Å²) in [5.41, 5.74) is 0.416. The molecule has 7 heteroatoms. The quantitative estimate of drug-likeness (QED) is 0.314. The lowest BCUT2D eigenvalue weighted by Gasteiger charge is -2.31. The van der Waals surface area contributed by atoms with Crippen molar-refractivity contribution in [3.63, 3.8) is 0 Å². The number of nitriles is 2. The van der Waals surface area contributed by atoms with Gasteiger partial charge in [-0.3, -0.25) is 9.59 Å². The molecule has 190 valence electrons. The van der Waals surface area contributed by atoms with Gasteiger partial charge in [0, 0.05) is 30.2 Å². The van der Waals surface area contributed by atoms with Crippen LogP contribution in [-0.2, 0) is 25.7 Å². The van der Waals surface area contributed by atoms with Crippen LogP contribution in [0, 0.1) is 34.5 Å². The lowest BCUT2D eigenvalue weighted by Crippen LogP contribution is -2.43. The maximum atomic E-state index is 14.1. The van der Waals surface area contributed by atoms with Gasteiger partial charge in [-0.25, -0.2) is 4.90 Å². The van der Waals surface area contributed by atoms with E-state index >= 15 is 0 Å². The summed E-state index contributed by atoms with van der Waals surface area (Å²) in [4.78, 5) is 29.5. The largest absolute Gasteiger partial charge is 0.377 e. The standard InChI is InChI=1S/C31H27N3O4/c32-17-6-13-30-14-15-31(38-30,16-18-37-20-21-7-2-1-3-8-21)27-26(30)28(35)34(29(27)36)25-12-11-22(19-33)23-9-4-5-10-24(23)25/h1-5,7-12,26-27H,6,13-16,18,20H2/t26-,27+,30-,31?/m1/s1. The minimum absolute atomic E-state index is 0.255. The Bertz CT molecular complexity index is 1510. The highest BCUT2D eigenvalue weighted by Crippen LogP contribution is 2.64. The smallest absolute Gasteiger partial charge is 0.240 e. The Hall–Kier alpha value is -4.04. The number of carbonyl (C=O) groups excluding carboxylic acids is 2. The maximum absolute atomic E-state index is 14.1. The predicted molar refractivity (Wildman–Crippen MR) is 139 cm³/mol. The molecular weight excluding hydrogens is 478 g/mol. The van der Waals surface area contributed by atoms with E-state index in [-0.39, 0.29) is 18.2 Å². The second kappa shape index (κ2) is 9.36. The molecule has 7 nitrogen and oxygen atoms in total. The van der Waals surface area contributed by atoms with E-state index in [0.29, 0.717) is 60.9 Å². The number of benzene rings is 3. The van der Waals surface area contributed by atoms with Crippen LogP contribution in [0.3, 0.4) is 0 Å². The zero-order valence-corrected chi connectivity index (χ0v) is 20.9. The van der Waals surface area contributed by atoms with Gasteiger partial charge in [0.2, 0.25) is 11.8 Å². The van der Waals surface area contributed by atoms with Gasteiger partial charge in [-0.2, -0.15) is 10.5 Å². The molecule has 3 aromatic rings. The Balaban J connectivity index is 1.33. The summed E-state index contributed by atoms with van der Waals surface area (Å²) in [5.74, 6) is -1.81. The molecule has 4 atom stereocenters. The molecule has 6 rings (SSSR count). The predicted octanol–water partition coefficient (Wildman–Crippen LogP) is 5.03. The van der Waals surface area contributed by atoms with Crippen LogP contribution in [0.4, 0.5) is 5.69 Å². The molecule has 3 fully saturated rings. The van der Waals surface area contributed by atoms with Gasteiger partial charge >= 0.3 is 0 Å². The number of amides is 2.